The Balaban J connectivity index is 1.41. The van der Waals surface area contributed by atoms with Gasteiger partial charge in [-0.3, -0.25) is 4.90 Å². The summed E-state index contributed by atoms with van der Waals surface area (Å²) in [6.07, 6.45) is 3.47. The van der Waals surface area contributed by atoms with Crippen molar-refractivity contribution in [2.75, 3.05) is 6.54 Å². The molecular formula is C16H21N3O2S. The monoisotopic (exact) mass is 319 g/mol. The number of aromatic nitrogens is 2. The molecule has 2 aromatic rings. The highest BCUT2D eigenvalue weighted by Gasteiger charge is 2.41. The lowest BCUT2D eigenvalue weighted by Gasteiger charge is -2.34. The Morgan fingerprint density at radius 2 is 2.14 bits per heavy atom. The molecule has 22 heavy (non-hydrogen) atoms. The molecule has 0 spiro atoms. The lowest BCUT2D eigenvalue weighted by molar-refractivity contribution is -0.0817. The smallest absolute Gasteiger partial charge is 0.245 e. The predicted octanol–water partition coefficient (Wildman–Crippen LogP) is 3.24. The summed E-state index contributed by atoms with van der Waals surface area (Å²) < 4.78 is 11.8. The number of fused-ring (bicyclic) bond motifs is 1. The van der Waals surface area contributed by atoms with Gasteiger partial charge in [0.25, 0.3) is 0 Å². The van der Waals surface area contributed by atoms with E-state index >= 15 is 0 Å². The molecule has 2 aliphatic heterocycles. The SMILES string of the molecule is Cc1nnc([C@H]2CC[C@@H]3[C@@H](CCN3Cc3ccc(C)s3)O2)o1. The second-order valence-corrected chi connectivity index (χ2v) is 7.61. The first-order valence-electron chi connectivity index (χ1n) is 7.94. The number of aryl methyl sites for hydroxylation is 2. The molecular weight excluding hydrogens is 298 g/mol. The highest BCUT2D eigenvalue weighted by atomic mass is 32.1. The van der Waals surface area contributed by atoms with E-state index in [2.05, 4.69) is 34.2 Å². The molecule has 0 aliphatic carbocycles. The molecule has 2 fully saturated rings. The van der Waals surface area contributed by atoms with Crippen molar-refractivity contribution in [3.05, 3.63) is 33.7 Å². The van der Waals surface area contributed by atoms with Crippen molar-refractivity contribution in [3.63, 3.8) is 0 Å². The third kappa shape index (κ3) is 2.71. The van der Waals surface area contributed by atoms with Crippen LogP contribution in [-0.4, -0.2) is 33.8 Å². The van der Waals surface area contributed by atoms with E-state index in [1.54, 1.807) is 0 Å². The van der Waals surface area contributed by atoms with Gasteiger partial charge < -0.3 is 9.15 Å². The topological polar surface area (TPSA) is 51.4 Å². The summed E-state index contributed by atoms with van der Waals surface area (Å²) in [5, 5.41) is 8.03. The number of rotatable bonds is 3. The van der Waals surface area contributed by atoms with E-state index < -0.39 is 0 Å². The van der Waals surface area contributed by atoms with E-state index in [0.717, 1.165) is 32.4 Å². The third-order valence-electron chi connectivity index (χ3n) is 4.63. The van der Waals surface area contributed by atoms with Crippen molar-refractivity contribution < 1.29 is 9.15 Å². The predicted molar refractivity (Wildman–Crippen MR) is 83.8 cm³/mol. The third-order valence-corrected chi connectivity index (χ3v) is 5.62. The molecule has 4 heterocycles. The Labute approximate surface area is 134 Å². The molecule has 118 valence electrons. The molecule has 4 rings (SSSR count). The Kier molecular flexibility index (Phi) is 3.76. The van der Waals surface area contributed by atoms with E-state index in [9.17, 15) is 0 Å². The van der Waals surface area contributed by atoms with Crippen LogP contribution < -0.4 is 0 Å². The summed E-state index contributed by atoms with van der Waals surface area (Å²) >= 11 is 1.90. The lowest BCUT2D eigenvalue weighted by atomic mass is 9.99. The van der Waals surface area contributed by atoms with Crippen LogP contribution >= 0.6 is 11.3 Å². The van der Waals surface area contributed by atoms with Crippen molar-refractivity contribution in [1.29, 1.82) is 0 Å². The largest absolute Gasteiger partial charge is 0.423 e. The molecule has 0 unspecified atom stereocenters. The summed E-state index contributed by atoms with van der Waals surface area (Å²) in [5.41, 5.74) is 0. The Hall–Kier alpha value is -1.24. The van der Waals surface area contributed by atoms with Crippen LogP contribution in [0.5, 0.6) is 0 Å². The maximum absolute atomic E-state index is 6.25. The van der Waals surface area contributed by atoms with Crippen LogP contribution in [-0.2, 0) is 11.3 Å². The number of thiophene rings is 1. The quantitative estimate of drug-likeness (QED) is 0.869. The zero-order valence-corrected chi connectivity index (χ0v) is 13.8. The van der Waals surface area contributed by atoms with Gasteiger partial charge in [0, 0.05) is 35.8 Å². The summed E-state index contributed by atoms with van der Waals surface area (Å²) in [6, 6.07) is 4.99. The second kappa shape index (κ2) is 5.76. The van der Waals surface area contributed by atoms with Gasteiger partial charge in [0.1, 0.15) is 6.10 Å². The molecule has 0 N–H and O–H groups in total. The minimum atomic E-state index is -0.0219. The van der Waals surface area contributed by atoms with Crippen molar-refractivity contribution in [2.24, 2.45) is 0 Å². The summed E-state index contributed by atoms with van der Waals surface area (Å²) in [5.74, 6) is 1.25. The maximum atomic E-state index is 6.25. The standard InChI is InChI=1S/C16H21N3O2S/c1-10-3-4-12(22-10)9-19-8-7-14-13(19)5-6-15(21-14)16-18-17-11(2)20-16/h3-4,13-15H,5-9H2,1-2H3/t13-,14-,15-/m1/s1. The van der Waals surface area contributed by atoms with Crippen LogP contribution in [0.15, 0.2) is 16.5 Å². The van der Waals surface area contributed by atoms with Crippen LogP contribution in [0.3, 0.4) is 0 Å². The average molecular weight is 319 g/mol. The summed E-state index contributed by atoms with van der Waals surface area (Å²) in [6.45, 7) is 6.15. The van der Waals surface area contributed by atoms with E-state index in [0.29, 0.717) is 23.9 Å². The van der Waals surface area contributed by atoms with Gasteiger partial charge in [-0.15, -0.1) is 21.5 Å². The maximum Gasteiger partial charge on any atom is 0.245 e. The molecule has 0 amide bonds. The van der Waals surface area contributed by atoms with Crippen LogP contribution in [0.25, 0.3) is 0 Å². The molecule has 0 saturated carbocycles. The van der Waals surface area contributed by atoms with Crippen molar-refractivity contribution in [2.45, 2.75) is 57.9 Å². The minimum absolute atomic E-state index is 0.0219. The van der Waals surface area contributed by atoms with Crippen LogP contribution in [0.2, 0.25) is 0 Å². The first-order valence-corrected chi connectivity index (χ1v) is 8.75. The number of ether oxygens (including phenoxy) is 1. The van der Waals surface area contributed by atoms with Crippen molar-refractivity contribution in [3.8, 4) is 0 Å². The zero-order chi connectivity index (χ0) is 15.1. The van der Waals surface area contributed by atoms with Gasteiger partial charge in [0.15, 0.2) is 0 Å². The lowest BCUT2D eigenvalue weighted by Crippen LogP contribution is -2.40. The van der Waals surface area contributed by atoms with E-state index in [-0.39, 0.29) is 6.10 Å². The van der Waals surface area contributed by atoms with Gasteiger partial charge in [-0.25, -0.2) is 0 Å². The number of hydrogen-bond acceptors (Lipinski definition) is 6. The molecule has 5 nitrogen and oxygen atoms in total. The van der Waals surface area contributed by atoms with Gasteiger partial charge >= 0.3 is 0 Å². The van der Waals surface area contributed by atoms with E-state index in [1.165, 1.54) is 9.75 Å². The number of hydrogen-bond donors (Lipinski definition) is 0. The average Bonchev–Trinajstić information content (AvgIpc) is 3.21. The first kappa shape index (κ1) is 14.4. The van der Waals surface area contributed by atoms with Gasteiger partial charge in [-0.05, 0) is 38.3 Å². The van der Waals surface area contributed by atoms with Crippen molar-refractivity contribution >= 4 is 11.3 Å². The fraction of sp³-hybridized carbons (Fsp3) is 0.625. The summed E-state index contributed by atoms with van der Waals surface area (Å²) in [4.78, 5) is 5.41. The second-order valence-electron chi connectivity index (χ2n) is 6.24. The van der Waals surface area contributed by atoms with E-state index in [1.807, 2.05) is 18.3 Å². The van der Waals surface area contributed by atoms with Crippen LogP contribution in [0.4, 0.5) is 0 Å². The molecule has 3 atom stereocenters. The number of likely N-dealkylation sites (tertiary alicyclic amines) is 1. The molecule has 0 aromatic carbocycles. The van der Waals surface area contributed by atoms with Gasteiger partial charge in [-0.1, -0.05) is 0 Å². The van der Waals surface area contributed by atoms with Gasteiger partial charge in [0.05, 0.1) is 6.10 Å². The Bertz CT molecular complexity index is 653. The molecule has 2 aliphatic rings. The highest BCUT2D eigenvalue weighted by Crippen LogP contribution is 2.38. The number of nitrogens with zero attached hydrogens (tertiary/aromatic N) is 3. The Morgan fingerprint density at radius 3 is 2.86 bits per heavy atom. The fourth-order valence-corrected chi connectivity index (χ4v) is 4.52. The molecule has 0 bridgehead atoms. The normalized spacial score (nSPS) is 28.9. The van der Waals surface area contributed by atoms with Crippen LogP contribution in [0.1, 0.15) is 46.9 Å². The minimum Gasteiger partial charge on any atom is -0.423 e. The van der Waals surface area contributed by atoms with Gasteiger partial charge in [0.2, 0.25) is 11.8 Å². The molecule has 0 radical (unpaired) electrons. The van der Waals surface area contributed by atoms with Crippen molar-refractivity contribution in [1.82, 2.24) is 15.1 Å². The molecule has 6 heteroatoms. The Morgan fingerprint density at radius 1 is 1.23 bits per heavy atom. The fourth-order valence-electron chi connectivity index (χ4n) is 3.61. The first-order chi connectivity index (χ1) is 10.7. The van der Waals surface area contributed by atoms with E-state index in [4.69, 9.17) is 9.15 Å². The zero-order valence-electron chi connectivity index (χ0n) is 13.0. The van der Waals surface area contributed by atoms with Gasteiger partial charge in [-0.2, -0.15) is 0 Å². The van der Waals surface area contributed by atoms with Crippen LogP contribution in [0, 0.1) is 13.8 Å². The highest BCUT2D eigenvalue weighted by molar-refractivity contribution is 7.11. The molecule has 2 aromatic heterocycles. The molecule has 2 saturated heterocycles. The summed E-state index contributed by atoms with van der Waals surface area (Å²) in [7, 11) is 0.